The molecule has 0 aliphatic heterocycles. The molecule has 0 fully saturated rings. The van der Waals surface area contributed by atoms with Gasteiger partial charge in [0.05, 0.1) is 16.9 Å². The van der Waals surface area contributed by atoms with Crippen LogP contribution in [0.15, 0.2) is 29.1 Å². The molecule has 0 radical (unpaired) electrons. The maximum Gasteiger partial charge on any atom is 0.259 e. The Hall–Kier alpha value is -2.32. The lowest BCUT2D eigenvalue weighted by Crippen LogP contribution is -2.24. The van der Waals surface area contributed by atoms with Crippen molar-refractivity contribution in [2.45, 2.75) is 38.0 Å². The van der Waals surface area contributed by atoms with Gasteiger partial charge in [-0.05, 0) is 48.9 Å². The van der Waals surface area contributed by atoms with Crippen LogP contribution in [0.25, 0.3) is 10.2 Å². The topological polar surface area (TPSA) is 78.1 Å². The van der Waals surface area contributed by atoms with Gasteiger partial charge in [-0.1, -0.05) is 12.1 Å². The molecule has 1 aromatic carbocycles. The quantitative estimate of drug-likeness (QED) is 0.586. The predicted molar refractivity (Wildman–Crippen MR) is 126 cm³/mol. The number of aryl methyl sites for hydroxylation is 2. The minimum absolute atomic E-state index is 0.0216. The molecule has 0 saturated heterocycles. The number of rotatable bonds is 7. The van der Waals surface area contributed by atoms with Gasteiger partial charge in [0, 0.05) is 31.2 Å². The van der Waals surface area contributed by atoms with Gasteiger partial charge in [0.1, 0.15) is 10.7 Å². The Morgan fingerprint density at radius 1 is 1.23 bits per heavy atom. The van der Waals surface area contributed by atoms with E-state index in [0.717, 1.165) is 40.7 Å². The summed E-state index contributed by atoms with van der Waals surface area (Å²) >= 11 is 3.11. The van der Waals surface area contributed by atoms with Crippen molar-refractivity contribution in [2.24, 2.45) is 0 Å². The third-order valence-electron chi connectivity index (χ3n) is 5.29. The number of fused-ring (bicyclic) bond motifs is 3. The van der Waals surface area contributed by atoms with Crippen LogP contribution in [0.3, 0.4) is 0 Å². The second-order valence-corrected chi connectivity index (χ2v) is 9.80. The van der Waals surface area contributed by atoms with Crippen LogP contribution >= 0.6 is 23.1 Å². The van der Waals surface area contributed by atoms with Crippen LogP contribution in [-0.2, 0) is 29.9 Å². The average Bonchev–Trinajstić information content (AvgIpc) is 3.11. The molecule has 2 heterocycles. The van der Waals surface area contributed by atoms with Crippen molar-refractivity contribution in [3.8, 4) is 0 Å². The SMILES string of the molecule is CN(C)c1ccc(CNC(=O)CSCc2nc3sc4c(c3c(=O)[nH]2)CCCC4)cc1. The third kappa shape index (κ3) is 4.70. The van der Waals surface area contributed by atoms with Crippen LogP contribution in [0.2, 0.25) is 0 Å². The van der Waals surface area contributed by atoms with Gasteiger partial charge in [-0.2, -0.15) is 0 Å². The largest absolute Gasteiger partial charge is 0.378 e. The van der Waals surface area contributed by atoms with Gasteiger partial charge in [-0.25, -0.2) is 4.98 Å². The molecule has 8 heteroatoms. The summed E-state index contributed by atoms with van der Waals surface area (Å²) in [6.45, 7) is 0.509. The third-order valence-corrected chi connectivity index (χ3v) is 7.42. The lowest BCUT2D eigenvalue weighted by Gasteiger charge is -2.13. The zero-order valence-electron chi connectivity index (χ0n) is 17.3. The van der Waals surface area contributed by atoms with Crippen molar-refractivity contribution in [2.75, 3.05) is 24.7 Å². The van der Waals surface area contributed by atoms with Gasteiger partial charge < -0.3 is 15.2 Å². The molecule has 1 aliphatic carbocycles. The van der Waals surface area contributed by atoms with Crippen LogP contribution in [0.1, 0.15) is 34.7 Å². The van der Waals surface area contributed by atoms with E-state index in [2.05, 4.69) is 15.3 Å². The van der Waals surface area contributed by atoms with Gasteiger partial charge in [0.25, 0.3) is 5.56 Å². The zero-order valence-corrected chi connectivity index (χ0v) is 18.9. The van der Waals surface area contributed by atoms with Crippen LogP contribution in [0.5, 0.6) is 0 Å². The first-order valence-corrected chi connectivity index (χ1v) is 12.1. The van der Waals surface area contributed by atoms with E-state index < -0.39 is 0 Å². The summed E-state index contributed by atoms with van der Waals surface area (Å²) in [5.41, 5.74) is 3.36. The first-order chi connectivity index (χ1) is 14.5. The first-order valence-electron chi connectivity index (χ1n) is 10.2. The molecular formula is C22H26N4O2S2. The summed E-state index contributed by atoms with van der Waals surface area (Å²) in [6.07, 6.45) is 4.37. The number of hydrogen-bond acceptors (Lipinski definition) is 6. The van der Waals surface area contributed by atoms with Crippen molar-refractivity contribution in [1.29, 1.82) is 0 Å². The Morgan fingerprint density at radius 3 is 2.77 bits per heavy atom. The summed E-state index contributed by atoms with van der Waals surface area (Å²) < 4.78 is 0. The zero-order chi connectivity index (χ0) is 21.1. The normalized spacial score (nSPS) is 13.3. The van der Waals surface area contributed by atoms with Crippen molar-refractivity contribution in [3.05, 3.63) is 56.4 Å². The summed E-state index contributed by atoms with van der Waals surface area (Å²) in [7, 11) is 4.00. The fourth-order valence-corrected chi connectivity index (χ4v) is 5.68. The molecule has 30 heavy (non-hydrogen) atoms. The molecule has 1 aliphatic rings. The second kappa shape index (κ2) is 9.22. The monoisotopic (exact) mass is 442 g/mol. The number of aromatic amines is 1. The number of nitrogens with zero attached hydrogens (tertiary/aromatic N) is 2. The fourth-order valence-electron chi connectivity index (χ4n) is 3.68. The van der Waals surface area contributed by atoms with Crippen LogP contribution < -0.4 is 15.8 Å². The second-order valence-electron chi connectivity index (χ2n) is 7.73. The number of thioether (sulfide) groups is 1. The Balaban J connectivity index is 1.30. The molecule has 4 rings (SSSR count). The highest BCUT2D eigenvalue weighted by Crippen LogP contribution is 2.33. The molecule has 0 spiro atoms. The molecule has 158 valence electrons. The number of nitrogens with one attached hydrogen (secondary N) is 2. The van der Waals surface area contributed by atoms with E-state index in [1.54, 1.807) is 11.3 Å². The number of carbonyl (C=O) groups is 1. The molecule has 1 amide bonds. The predicted octanol–water partition coefficient (Wildman–Crippen LogP) is 3.48. The molecule has 6 nitrogen and oxygen atoms in total. The van der Waals surface area contributed by atoms with E-state index in [4.69, 9.17) is 0 Å². The molecule has 2 aromatic heterocycles. The molecule has 0 atom stereocenters. The highest BCUT2D eigenvalue weighted by atomic mass is 32.2. The molecular weight excluding hydrogens is 416 g/mol. The summed E-state index contributed by atoms with van der Waals surface area (Å²) in [6, 6.07) is 8.12. The summed E-state index contributed by atoms with van der Waals surface area (Å²) in [5.74, 6) is 1.46. The minimum atomic E-state index is -0.0411. The Bertz CT molecular complexity index is 1100. The number of carbonyl (C=O) groups excluding carboxylic acids is 1. The molecule has 0 unspecified atom stereocenters. The Kier molecular flexibility index (Phi) is 6.43. The minimum Gasteiger partial charge on any atom is -0.378 e. The highest BCUT2D eigenvalue weighted by molar-refractivity contribution is 7.99. The van der Waals surface area contributed by atoms with E-state index in [1.165, 1.54) is 28.6 Å². The molecule has 0 bridgehead atoms. The number of amides is 1. The van der Waals surface area contributed by atoms with Crippen LogP contribution in [-0.4, -0.2) is 35.7 Å². The number of anilines is 1. The van der Waals surface area contributed by atoms with Crippen molar-refractivity contribution in [1.82, 2.24) is 15.3 Å². The van der Waals surface area contributed by atoms with E-state index in [-0.39, 0.29) is 11.5 Å². The van der Waals surface area contributed by atoms with Gasteiger partial charge in [0.2, 0.25) is 5.91 Å². The molecule has 0 saturated carbocycles. The number of aromatic nitrogens is 2. The number of benzene rings is 1. The Morgan fingerprint density at radius 2 is 2.00 bits per heavy atom. The highest BCUT2D eigenvalue weighted by Gasteiger charge is 2.19. The van der Waals surface area contributed by atoms with Crippen molar-refractivity contribution >= 4 is 44.9 Å². The Labute approximate surface area is 184 Å². The van der Waals surface area contributed by atoms with Crippen molar-refractivity contribution in [3.63, 3.8) is 0 Å². The van der Waals surface area contributed by atoms with E-state index in [0.29, 0.717) is 23.9 Å². The lowest BCUT2D eigenvalue weighted by molar-refractivity contribution is -0.118. The first kappa shape index (κ1) is 20.9. The lowest BCUT2D eigenvalue weighted by atomic mass is 9.97. The molecule has 3 aromatic rings. The van der Waals surface area contributed by atoms with E-state index in [9.17, 15) is 9.59 Å². The van der Waals surface area contributed by atoms with Gasteiger partial charge >= 0.3 is 0 Å². The molecule has 2 N–H and O–H groups in total. The van der Waals surface area contributed by atoms with Crippen LogP contribution in [0.4, 0.5) is 5.69 Å². The maximum absolute atomic E-state index is 12.6. The van der Waals surface area contributed by atoms with E-state index in [1.807, 2.05) is 43.3 Å². The summed E-state index contributed by atoms with van der Waals surface area (Å²) in [4.78, 5) is 36.5. The number of thiophene rings is 1. The maximum atomic E-state index is 12.6. The fraction of sp³-hybridized carbons (Fsp3) is 0.409. The van der Waals surface area contributed by atoms with Gasteiger partial charge in [-0.3, -0.25) is 9.59 Å². The summed E-state index contributed by atoms with van der Waals surface area (Å²) in [5, 5.41) is 3.72. The van der Waals surface area contributed by atoms with E-state index >= 15 is 0 Å². The number of hydrogen-bond donors (Lipinski definition) is 2. The average molecular weight is 443 g/mol. The number of H-pyrrole nitrogens is 1. The standard InChI is InChI=1S/C22H26N4O2S2/c1-26(2)15-9-7-14(8-10-15)11-23-19(27)13-29-12-18-24-21(28)20-16-5-3-4-6-17(16)30-22(20)25-18/h7-10H,3-6,11-13H2,1-2H3,(H,23,27)(H,24,25,28). The van der Waals surface area contributed by atoms with Crippen LogP contribution in [0, 0.1) is 0 Å². The van der Waals surface area contributed by atoms with Crippen molar-refractivity contribution < 1.29 is 4.79 Å². The van der Waals surface area contributed by atoms with Gasteiger partial charge in [-0.15, -0.1) is 23.1 Å². The van der Waals surface area contributed by atoms with Gasteiger partial charge in [0.15, 0.2) is 0 Å². The smallest absolute Gasteiger partial charge is 0.259 e.